The molecule has 0 fully saturated rings. The lowest BCUT2D eigenvalue weighted by Gasteiger charge is -2.12. The van der Waals surface area contributed by atoms with E-state index < -0.39 is 0 Å². The van der Waals surface area contributed by atoms with Gasteiger partial charge in [0.25, 0.3) is 5.91 Å². The molecule has 3 rings (SSSR count). The summed E-state index contributed by atoms with van der Waals surface area (Å²) in [4.78, 5) is 20.6. The molecule has 0 atom stereocenters. The average molecular weight is 352 g/mol. The van der Waals surface area contributed by atoms with Crippen LogP contribution in [0.4, 0.5) is 11.5 Å². The zero-order valence-electron chi connectivity index (χ0n) is 15.0. The molecule has 0 radical (unpaired) electrons. The summed E-state index contributed by atoms with van der Waals surface area (Å²) in [6.45, 7) is 0.635. The van der Waals surface area contributed by atoms with Crippen molar-refractivity contribution in [3.8, 4) is 5.75 Å². The second-order valence-electron chi connectivity index (χ2n) is 6.26. The maximum atomic E-state index is 12.2. The monoisotopic (exact) mass is 352 g/mol. The number of hydrogen-bond donors (Lipinski definition) is 2. The Labute approximate surface area is 153 Å². The number of methoxy groups -OCH3 is 1. The Morgan fingerprint density at radius 2 is 2.15 bits per heavy atom. The molecule has 0 bridgehead atoms. The van der Waals surface area contributed by atoms with Crippen LogP contribution in [0.15, 0.2) is 48.3 Å². The van der Waals surface area contributed by atoms with Gasteiger partial charge in [-0.3, -0.25) is 4.79 Å². The molecular weight excluding hydrogens is 328 g/mol. The van der Waals surface area contributed by atoms with E-state index in [-0.39, 0.29) is 5.91 Å². The topological polar surface area (TPSA) is 76.1 Å². The number of carbonyl (C=O) groups excluding carboxylic acids is 1. The van der Waals surface area contributed by atoms with Crippen molar-refractivity contribution in [3.63, 3.8) is 0 Å². The maximum Gasteiger partial charge on any atom is 0.271 e. The first-order chi connectivity index (χ1) is 12.7. The molecule has 1 aliphatic carbocycles. The predicted molar refractivity (Wildman–Crippen MR) is 102 cm³/mol. The van der Waals surface area contributed by atoms with Crippen molar-refractivity contribution in [2.45, 2.75) is 32.1 Å². The van der Waals surface area contributed by atoms with Crippen molar-refractivity contribution in [2.24, 2.45) is 0 Å². The summed E-state index contributed by atoms with van der Waals surface area (Å²) in [6.07, 6.45) is 11.1. The minimum absolute atomic E-state index is 0.193. The number of carbonyl (C=O) groups is 1. The van der Waals surface area contributed by atoms with Crippen LogP contribution in [0.5, 0.6) is 5.75 Å². The Morgan fingerprint density at radius 3 is 2.88 bits per heavy atom. The Balaban J connectivity index is 1.51. The van der Waals surface area contributed by atoms with Crippen molar-refractivity contribution in [1.82, 2.24) is 15.3 Å². The third-order valence-corrected chi connectivity index (χ3v) is 4.34. The standard InChI is InChI=1S/C20H24N4O2/c1-26-17-9-5-8-16(12-17)24-19-14-22-18(13-23-19)20(25)21-11-10-15-6-3-2-4-7-15/h5-6,8-9,12-14H,2-4,7,10-11H2,1H3,(H,21,25)(H,23,24). The van der Waals surface area contributed by atoms with E-state index in [9.17, 15) is 4.79 Å². The highest BCUT2D eigenvalue weighted by Gasteiger charge is 2.09. The van der Waals surface area contributed by atoms with E-state index in [2.05, 4.69) is 26.7 Å². The van der Waals surface area contributed by atoms with Crippen molar-refractivity contribution < 1.29 is 9.53 Å². The number of nitrogens with zero attached hydrogens (tertiary/aromatic N) is 2. The number of hydrogen-bond acceptors (Lipinski definition) is 5. The summed E-state index contributed by atoms with van der Waals surface area (Å²) in [7, 11) is 1.62. The summed E-state index contributed by atoms with van der Waals surface area (Å²) in [5.41, 5.74) is 2.61. The van der Waals surface area contributed by atoms with Gasteiger partial charge in [-0.2, -0.15) is 0 Å². The smallest absolute Gasteiger partial charge is 0.271 e. The van der Waals surface area contributed by atoms with Gasteiger partial charge in [0.2, 0.25) is 0 Å². The molecule has 26 heavy (non-hydrogen) atoms. The van der Waals surface area contributed by atoms with E-state index in [0.29, 0.717) is 18.1 Å². The number of aromatic nitrogens is 2. The van der Waals surface area contributed by atoms with Gasteiger partial charge in [0, 0.05) is 18.3 Å². The Morgan fingerprint density at radius 1 is 1.23 bits per heavy atom. The third kappa shape index (κ3) is 5.05. The molecule has 1 aromatic heterocycles. The fourth-order valence-electron chi connectivity index (χ4n) is 2.92. The first-order valence-corrected chi connectivity index (χ1v) is 8.94. The van der Waals surface area contributed by atoms with Crippen LogP contribution in [0.25, 0.3) is 0 Å². The summed E-state index contributed by atoms with van der Waals surface area (Å²) < 4.78 is 5.19. The van der Waals surface area contributed by atoms with E-state index in [1.807, 2.05) is 24.3 Å². The molecule has 0 saturated heterocycles. The summed E-state index contributed by atoms with van der Waals surface area (Å²) in [5.74, 6) is 1.14. The van der Waals surface area contributed by atoms with Crippen molar-refractivity contribution >= 4 is 17.4 Å². The molecule has 2 N–H and O–H groups in total. The fraction of sp³-hybridized carbons (Fsp3) is 0.350. The van der Waals surface area contributed by atoms with Crippen LogP contribution in [0.1, 0.15) is 42.6 Å². The summed E-state index contributed by atoms with van der Waals surface area (Å²) in [6, 6.07) is 7.53. The molecule has 6 nitrogen and oxygen atoms in total. The Kier molecular flexibility index (Phi) is 6.19. The van der Waals surface area contributed by atoms with Crippen LogP contribution in [-0.4, -0.2) is 29.5 Å². The van der Waals surface area contributed by atoms with Crippen LogP contribution in [-0.2, 0) is 0 Å². The van der Waals surface area contributed by atoms with E-state index in [4.69, 9.17) is 4.74 Å². The van der Waals surface area contributed by atoms with Crippen LogP contribution in [0, 0.1) is 0 Å². The van der Waals surface area contributed by atoms with Crippen LogP contribution >= 0.6 is 0 Å². The first-order valence-electron chi connectivity index (χ1n) is 8.94. The largest absolute Gasteiger partial charge is 0.497 e. The van der Waals surface area contributed by atoms with Crippen LogP contribution in [0.3, 0.4) is 0 Å². The van der Waals surface area contributed by atoms with Crippen LogP contribution in [0.2, 0.25) is 0 Å². The lowest BCUT2D eigenvalue weighted by Crippen LogP contribution is -2.26. The van der Waals surface area contributed by atoms with Gasteiger partial charge < -0.3 is 15.4 Å². The fourth-order valence-corrected chi connectivity index (χ4v) is 2.92. The lowest BCUT2D eigenvalue weighted by atomic mass is 9.97. The van der Waals surface area contributed by atoms with Gasteiger partial charge in [-0.25, -0.2) is 9.97 Å². The predicted octanol–water partition coefficient (Wildman–Crippen LogP) is 3.85. The second kappa shape index (κ2) is 8.99. The molecular formula is C20H24N4O2. The molecule has 136 valence electrons. The highest BCUT2D eigenvalue weighted by atomic mass is 16.5. The summed E-state index contributed by atoms with van der Waals surface area (Å²) >= 11 is 0. The number of anilines is 2. The van der Waals surface area contributed by atoms with Gasteiger partial charge in [0.1, 0.15) is 17.3 Å². The number of benzene rings is 1. The second-order valence-corrected chi connectivity index (χ2v) is 6.26. The minimum Gasteiger partial charge on any atom is -0.497 e. The first kappa shape index (κ1) is 17.9. The van der Waals surface area contributed by atoms with Crippen molar-refractivity contribution in [3.05, 3.63) is 54.0 Å². The normalized spacial score (nSPS) is 13.7. The number of allylic oxidation sites excluding steroid dienone is 1. The molecule has 1 heterocycles. The number of amides is 1. The summed E-state index contributed by atoms with van der Waals surface area (Å²) in [5, 5.41) is 6.05. The number of nitrogens with one attached hydrogen (secondary N) is 2. The zero-order valence-corrected chi connectivity index (χ0v) is 15.0. The minimum atomic E-state index is -0.193. The molecule has 2 aromatic rings. The molecule has 0 spiro atoms. The maximum absolute atomic E-state index is 12.2. The van der Waals surface area contributed by atoms with Gasteiger partial charge in [-0.15, -0.1) is 0 Å². The lowest BCUT2D eigenvalue weighted by molar-refractivity contribution is 0.0948. The molecule has 0 unspecified atom stereocenters. The third-order valence-electron chi connectivity index (χ3n) is 4.34. The van der Waals surface area contributed by atoms with Crippen LogP contribution < -0.4 is 15.4 Å². The Bertz CT molecular complexity index is 772. The van der Waals surface area contributed by atoms with Gasteiger partial charge in [0.15, 0.2) is 0 Å². The average Bonchev–Trinajstić information content (AvgIpc) is 2.69. The highest BCUT2D eigenvalue weighted by molar-refractivity contribution is 5.92. The van der Waals surface area contributed by atoms with Gasteiger partial charge in [-0.05, 0) is 44.2 Å². The molecule has 0 saturated carbocycles. The van der Waals surface area contributed by atoms with Crippen molar-refractivity contribution in [2.75, 3.05) is 19.0 Å². The van der Waals surface area contributed by atoms with E-state index in [0.717, 1.165) is 30.7 Å². The SMILES string of the molecule is COc1cccc(Nc2cnc(C(=O)NCCC3=CCCCC3)cn2)c1. The quantitative estimate of drug-likeness (QED) is 0.740. The zero-order chi connectivity index (χ0) is 18.2. The van der Waals surface area contributed by atoms with E-state index >= 15 is 0 Å². The number of rotatable bonds is 7. The molecule has 1 aromatic carbocycles. The highest BCUT2D eigenvalue weighted by Crippen LogP contribution is 2.20. The van der Waals surface area contributed by atoms with E-state index in [1.54, 1.807) is 13.3 Å². The molecule has 6 heteroatoms. The van der Waals surface area contributed by atoms with Gasteiger partial charge >= 0.3 is 0 Å². The molecule has 1 amide bonds. The molecule has 0 aliphatic heterocycles. The Hall–Kier alpha value is -2.89. The van der Waals surface area contributed by atoms with Crippen molar-refractivity contribution in [1.29, 1.82) is 0 Å². The molecule has 1 aliphatic rings. The number of ether oxygens (including phenoxy) is 1. The van der Waals surface area contributed by atoms with E-state index in [1.165, 1.54) is 24.6 Å². The van der Waals surface area contributed by atoms with Gasteiger partial charge in [0.05, 0.1) is 19.5 Å². The van der Waals surface area contributed by atoms with Gasteiger partial charge in [-0.1, -0.05) is 17.7 Å².